The number of alkyl halides is 2. The lowest BCUT2D eigenvalue weighted by Crippen LogP contribution is -2.56. The molecule has 1 heterocycles. The van der Waals surface area contributed by atoms with Gasteiger partial charge in [-0.05, 0) is 63.6 Å². The molecule has 2 fully saturated rings. The maximum atomic E-state index is 15.3. The molecule has 0 unspecified atom stereocenters. The van der Waals surface area contributed by atoms with Gasteiger partial charge >= 0.3 is 5.92 Å². The number of ether oxygens (including phenoxy) is 1. The number of amides is 4. The molecule has 1 aliphatic carbocycles. The van der Waals surface area contributed by atoms with Crippen LogP contribution in [-0.4, -0.2) is 98.5 Å². The van der Waals surface area contributed by atoms with Crippen molar-refractivity contribution in [1.82, 2.24) is 20.4 Å². The van der Waals surface area contributed by atoms with Gasteiger partial charge in [0.25, 0.3) is 5.91 Å². The number of halogens is 2. The zero-order valence-electron chi connectivity index (χ0n) is 30.1. The molecule has 3 rings (SSSR count). The number of carbonyl (C=O) groups excluding carboxylic acids is 4. The van der Waals surface area contributed by atoms with E-state index in [4.69, 9.17) is 4.74 Å². The molecule has 1 aromatic rings. The number of rotatable bonds is 15. The van der Waals surface area contributed by atoms with Crippen LogP contribution in [0.5, 0.6) is 0 Å². The maximum Gasteiger partial charge on any atom is 0.345 e. The second kappa shape index (κ2) is 19.3. The molecule has 0 bridgehead atoms. The van der Waals surface area contributed by atoms with Crippen molar-refractivity contribution in [3.05, 3.63) is 53.4 Å². The summed E-state index contributed by atoms with van der Waals surface area (Å²) in [5.41, 5.74) is 0.675. The van der Waals surface area contributed by atoms with Gasteiger partial charge in [0.2, 0.25) is 23.6 Å². The average Bonchev–Trinajstić information content (AvgIpc) is 3.40. The normalized spacial score (nSPS) is 18.7. The minimum absolute atomic E-state index is 0.00964. The first-order valence-electron chi connectivity index (χ1n) is 17.6. The van der Waals surface area contributed by atoms with Crippen LogP contribution in [0.2, 0.25) is 0 Å². The van der Waals surface area contributed by atoms with Crippen LogP contribution in [0.3, 0.4) is 0 Å². The molecule has 3 N–H and O–H groups in total. The third kappa shape index (κ3) is 10.9. The SMILES string of the molecule is C=N/C(=C\C=C(/C)C(F)(F)C(=O)N[C@H](C(=O)Nc1ccc([C@H](CC)[C@@H](NC(=O)CC)C(=O)N2CCN(C)CC2)cc1)C1CCCCCC1)OC. The molecule has 276 valence electrons. The second-order valence-corrected chi connectivity index (χ2v) is 13.1. The van der Waals surface area contributed by atoms with Crippen LogP contribution in [0.1, 0.15) is 83.6 Å². The molecule has 1 aromatic carbocycles. The van der Waals surface area contributed by atoms with Crippen molar-refractivity contribution in [2.45, 2.75) is 96.1 Å². The molecule has 0 spiro atoms. The third-order valence-corrected chi connectivity index (χ3v) is 9.73. The quantitative estimate of drug-likeness (QED) is 0.102. The molecule has 0 radical (unpaired) electrons. The highest BCUT2D eigenvalue weighted by atomic mass is 19.3. The van der Waals surface area contributed by atoms with Crippen LogP contribution >= 0.6 is 0 Å². The molecule has 0 aromatic heterocycles. The lowest BCUT2D eigenvalue weighted by Gasteiger charge is -2.37. The van der Waals surface area contributed by atoms with Gasteiger partial charge in [0, 0.05) is 55.9 Å². The van der Waals surface area contributed by atoms with Gasteiger partial charge in [0.05, 0.1) is 7.11 Å². The molecule has 3 atom stereocenters. The number of allylic oxidation sites excluding steroid dienone is 2. The number of nitrogens with one attached hydrogen (secondary N) is 3. The highest BCUT2D eigenvalue weighted by molar-refractivity contribution is 5.99. The predicted octanol–water partition coefficient (Wildman–Crippen LogP) is 5.01. The zero-order valence-corrected chi connectivity index (χ0v) is 30.1. The van der Waals surface area contributed by atoms with E-state index in [-0.39, 0.29) is 36.0 Å². The van der Waals surface area contributed by atoms with Crippen molar-refractivity contribution in [1.29, 1.82) is 0 Å². The summed E-state index contributed by atoms with van der Waals surface area (Å²) in [4.78, 5) is 60.6. The molecular formula is C37H54F2N6O5. The number of likely N-dealkylation sites (N-methyl/N-ethyl adjacent to an activating group) is 1. The van der Waals surface area contributed by atoms with E-state index < -0.39 is 35.4 Å². The zero-order chi connectivity index (χ0) is 36.8. The lowest BCUT2D eigenvalue weighted by molar-refractivity contribution is -0.143. The van der Waals surface area contributed by atoms with E-state index in [2.05, 4.69) is 32.6 Å². The molecule has 1 aliphatic heterocycles. The van der Waals surface area contributed by atoms with Gasteiger partial charge in [-0.15, -0.1) is 0 Å². The first-order valence-corrected chi connectivity index (χ1v) is 17.6. The third-order valence-electron chi connectivity index (χ3n) is 9.73. The van der Waals surface area contributed by atoms with E-state index in [1.54, 1.807) is 36.1 Å². The van der Waals surface area contributed by atoms with E-state index in [1.165, 1.54) is 13.2 Å². The van der Waals surface area contributed by atoms with Gasteiger partial charge in [-0.3, -0.25) is 19.2 Å². The lowest BCUT2D eigenvalue weighted by atomic mass is 9.87. The van der Waals surface area contributed by atoms with E-state index in [0.717, 1.165) is 57.3 Å². The Hall–Kier alpha value is -4.13. The standard InChI is InChI=1S/C37H54F2N6O5/c1-7-29(33(42-30(46)8-2)35(48)45-23-21-44(5)22-24-45)26-16-18-28(19-17-26)41-34(47)32(27-13-11-9-10-12-14-27)43-36(49)37(38,39)25(3)15-20-31(40-4)50-6/h15-20,27,29,32-33H,4,7-14,21-24H2,1-3,5-6H3,(H,41,47)(H,42,46)(H,43,49)/b25-15+,31-20+/t29-,32-,33+/m0/s1. The number of hydrogen-bond donors (Lipinski definition) is 3. The summed E-state index contributed by atoms with van der Waals surface area (Å²) in [6, 6.07) is 5.04. The molecule has 50 heavy (non-hydrogen) atoms. The second-order valence-electron chi connectivity index (χ2n) is 13.1. The summed E-state index contributed by atoms with van der Waals surface area (Å²) in [6.07, 6.45) is 7.88. The molecule has 2 aliphatic rings. The first kappa shape index (κ1) is 40.3. The highest BCUT2D eigenvalue weighted by Gasteiger charge is 2.44. The van der Waals surface area contributed by atoms with Gasteiger partial charge in [-0.2, -0.15) is 8.78 Å². The van der Waals surface area contributed by atoms with Gasteiger partial charge in [-0.25, -0.2) is 4.99 Å². The van der Waals surface area contributed by atoms with E-state index in [9.17, 15) is 19.2 Å². The summed E-state index contributed by atoms with van der Waals surface area (Å²) in [5, 5.41) is 8.16. The Bertz CT molecular complexity index is 1380. The fourth-order valence-electron chi connectivity index (χ4n) is 6.47. The van der Waals surface area contributed by atoms with E-state index in [0.29, 0.717) is 38.0 Å². The van der Waals surface area contributed by atoms with Crippen molar-refractivity contribution >= 4 is 36.0 Å². The summed E-state index contributed by atoms with van der Waals surface area (Å²) < 4.78 is 35.5. The minimum atomic E-state index is -3.90. The number of anilines is 1. The summed E-state index contributed by atoms with van der Waals surface area (Å²) in [7, 11) is 3.33. The predicted molar refractivity (Wildman–Crippen MR) is 191 cm³/mol. The fraction of sp³-hybridized carbons (Fsp3) is 0.595. The van der Waals surface area contributed by atoms with Gasteiger partial charge in [-0.1, -0.05) is 57.7 Å². The van der Waals surface area contributed by atoms with Crippen molar-refractivity contribution in [3.63, 3.8) is 0 Å². The smallest absolute Gasteiger partial charge is 0.345 e. The van der Waals surface area contributed by atoms with Crippen molar-refractivity contribution < 1.29 is 32.7 Å². The van der Waals surface area contributed by atoms with Crippen LogP contribution in [0.25, 0.3) is 0 Å². The van der Waals surface area contributed by atoms with Crippen LogP contribution in [0.15, 0.2) is 52.9 Å². The monoisotopic (exact) mass is 700 g/mol. The largest absolute Gasteiger partial charge is 0.481 e. The van der Waals surface area contributed by atoms with E-state index in [1.807, 2.05) is 14.0 Å². The van der Waals surface area contributed by atoms with Crippen molar-refractivity contribution in [2.75, 3.05) is 45.7 Å². The Balaban J connectivity index is 1.82. The Morgan fingerprint density at radius 2 is 1.62 bits per heavy atom. The molecule has 1 saturated heterocycles. The number of carbonyl (C=O) groups is 4. The fourth-order valence-corrected chi connectivity index (χ4v) is 6.47. The number of nitrogens with zero attached hydrogens (tertiary/aromatic N) is 3. The van der Waals surface area contributed by atoms with Crippen LogP contribution in [0, 0.1) is 5.92 Å². The van der Waals surface area contributed by atoms with Crippen LogP contribution in [-0.2, 0) is 23.9 Å². The minimum Gasteiger partial charge on any atom is -0.481 e. The number of benzene rings is 1. The Morgan fingerprint density at radius 3 is 2.16 bits per heavy atom. The van der Waals surface area contributed by atoms with Gasteiger partial charge < -0.3 is 30.5 Å². The number of piperazine rings is 1. The summed E-state index contributed by atoms with van der Waals surface area (Å²) >= 11 is 0. The van der Waals surface area contributed by atoms with Crippen molar-refractivity contribution in [3.8, 4) is 0 Å². The summed E-state index contributed by atoms with van der Waals surface area (Å²) in [6.45, 7) is 10.8. The highest BCUT2D eigenvalue weighted by Crippen LogP contribution is 2.30. The molecule has 11 nitrogen and oxygen atoms in total. The molecular weight excluding hydrogens is 646 g/mol. The maximum absolute atomic E-state index is 15.3. The Kier molecular flexibility index (Phi) is 15.6. The van der Waals surface area contributed by atoms with Crippen LogP contribution in [0.4, 0.5) is 14.5 Å². The van der Waals surface area contributed by atoms with Crippen LogP contribution < -0.4 is 16.0 Å². The Morgan fingerprint density at radius 1 is 1.00 bits per heavy atom. The average molecular weight is 701 g/mol. The number of methoxy groups -OCH3 is 1. The molecule has 13 heteroatoms. The number of aliphatic imine (C=N–C) groups is 1. The van der Waals surface area contributed by atoms with Gasteiger partial charge in [0.1, 0.15) is 12.1 Å². The van der Waals surface area contributed by atoms with Gasteiger partial charge in [0.15, 0.2) is 0 Å². The summed E-state index contributed by atoms with van der Waals surface area (Å²) in [5.74, 6) is -7.03. The van der Waals surface area contributed by atoms with E-state index >= 15 is 8.78 Å². The Labute approximate surface area is 295 Å². The molecule has 4 amide bonds. The number of hydrogen-bond acceptors (Lipinski definition) is 7. The van der Waals surface area contributed by atoms with Crippen molar-refractivity contribution in [2.24, 2.45) is 10.9 Å². The first-order chi connectivity index (χ1) is 23.9. The topological polar surface area (TPSA) is 132 Å². The molecule has 1 saturated carbocycles.